The fourth-order valence-electron chi connectivity index (χ4n) is 5.01. The maximum absolute atomic E-state index is 13.2. The molecule has 1 unspecified atom stereocenters. The number of aryl methyl sites for hydroxylation is 1. The van der Waals surface area contributed by atoms with E-state index in [2.05, 4.69) is 13.0 Å². The molecule has 1 atom stereocenters. The van der Waals surface area contributed by atoms with Gasteiger partial charge >= 0.3 is 0 Å². The Kier molecular flexibility index (Phi) is 6.77. The van der Waals surface area contributed by atoms with E-state index in [1.165, 1.54) is 6.42 Å². The maximum Gasteiger partial charge on any atom is 0.247 e. The second-order valence-electron chi connectivity index (χ2n) is 8.73. The largest absolute Gasteiger partial charge is 0.496 e. The molecule has 2 heterocycles. The van der Waals surface area contributed by atoms with E-state index in [1.807, 2.05) is 43.0 Å². The van der Waals surface area contributed by atoms with E-state index in [-0.39, 0.29) is 5.91 Å². The third kappa shape index (κ3) is 4.24. The molecule has 33 heavy (non-hydrogen) atoms. The number of amides is 1. The first-order valence-electron chi connectivity index (χ1n) is 11.7. The van der Waals surface area contributed by atoms with Crippen LogP contribution in [-0.4, -0.2) is 37.6 Å². The molecule has 0 saturated carbocycles. The van der Waals surface area contributed by atoms with Gasteiger partial charge < -0.3 is 18.8 Å². The van der Waals surface area contributed by atoms with Gasteiger partial charge in [-0.25, -0.2) is 0 Å². The highest BCUT2D eigenvalue weighted by molar-refractivity contribution is 6.02. The zero-order valence-corrected chi connectivity index (χ0v) is 20.2. The number of carbonyl (C=O) groups is 1. The van der Waals surface area contributed by atoms with Crippen LogP contribution < -0.4 is 9.47 Å². The number of para-hydroxylation sites is 1. The zero-order chi connectivity index (χ0) is 23.5. The Morgan fingerprint density at radius 1 is 1.18 bits per heavy atom. The molecular formula is C28H33NO4. The SMILES string of the molecule is CCC1CCCCN1C(=O)/C=C(\C)c1cc2c(-c3ccccc3OC)coc2c(C)c1OC. The molecular weight excluding hydrogens is 414 g/mol. The third-order valence-electron chi connectivity index (χ3n) is 6.79. The molecule has 1 amide bonds. The summed E-state index contributed by atoms with van der Waals surface area (Å²) in [5, 5.41) is 0.970. The lowest BCUT2D eigenvalue weighted by atomic mass is 9.95. The first kappa shape index (κ1) is 23.0. The molecule has 2 aromatic carbocycles. The first-order valence-corrected chi connectivity index (χ1v) is 11.7. The lowest BCUT2D eigenvalue weighted by Gasteiger charge is -2.34. The smallest absolute Gasteiger partial charge is 0.247 e. The molecule has 5 nitrogen and oxygen atoms in total. The van der Waals surface area contributed by atoms with Crippen molar-refractivity contribution < 1.29 is 18.7 Å². The number of piperidine rings is 1. The highest BCUT2D eigenvalue weighted by atomic mass is 16.5. The Bertz CT molecular complexity index is 1190. The quantitative estimate of drug-likeness (QED) is 0.399. The summed E-state index contributed by atoms with van der Waals surface area (Å²) in [7, 11) is 3.33. The maximum atomic E-state index is 13.2. The van der Waals surface area contributed by atoms with Crippen molar-refractivity contribution in [3.05, 3.63) is 53.8 Å². The van der Waals surface area contributed by atoms with Crippen LogP contribution in [0.5, 0.6) is 11.5 Å². The number of rotatable bonds is 6. The van der Waals surface area contributed by atoms with Gasteiger partial charge in [-0.3, -0.25) is 4.79 Å². The molecule has 1 aliphatic rings. The fraction of sp³-hybridized carbons (Fsp3) is 0.393. The number of ether oxygens (including phenoxy) is 2. The van der Waals surface area contributed by atoms with Crippen LogP contribution >= 0.6 is 0 Å². The van der Waals surface area contributed by atoms with Gasteiger partial charge in [-0.05, 0) is 57.2 Å². The van der Waals surface area contributed by atoms with E-state index in [0.29, 0.717) is 6.04 Å². The summed E-state index contributed by atoms with van der Waals surface area (Å²) in [6.45, 7) is 6.96. The van der Waals surface area contributed by atoms with Crippen LogP contribution in [0, 0.1) is 6.92 Å². The minimum atomic E-state index is 0.0796. The Labute approximate surface area is 196 Å². The molecule has 0 N–H and O–H groups in total. The lowest BCUT2D eigenvalue weighted by molar-refractivity contribution is -0.129. The predicted molar refractivity (Wildman–Crippen MR) is 133 cm³/mol. The first-order chi connectivity index (χ1) is 16.0. The van der Waals surface area contributed by atoms with Crippen LogP contribution in [0.3, 0.4) is 0 Å². The van der Waals surface area contributed by atoms with Crippen LogP contribution in [0.4, 0.5) is 0 Å². The van der Waals surface area contributed by atoms with E-state index in [1.54, 1.807) is 26.6 Å². The summed E-state index contributed by atoms with van der Waals surface area (Å²) in [4.78, 5) is 15.2. The van der Waals surface area contributed by atoms with Crippen LogP contribution in [0.15, 0.2) is 47.1 Å². The minimum absolute atomic E-state index is 0.0796. The molecule has 4 rings (SSSR count). The van der Waals surface area contributed by atoms with Crippen molar-refractivity contribution in [3.63, 3.8) is 0 Å². The number of fused-ring (bicyclic) bond motifs is 1. The van der Waals surface area contributed by atoms with Gasteiger partial charge in [0.05, 0.1) is 20.5 Å². The Hall–Kier alpha value is -3.21. The minimum Gasteiger partial charge on any atom is -0.496 e. The lowest BCUT2D eigenvalue weighted by Crippen LogP contribution is -2.42. The normalized spacial score (nSPS) is 16.8. The number of methoxy groups -OCH3 is 2. The van der Waals surface area contributed by atoms with Gasteiger partial charge in [0.1, 0.15) is 17.1 Å². The van der Waals surface area contributed by atoms with Crippen molar-refractivity contribution in [1.29, 1.82) is 0 Å². The average molecular weight is 448 g/mol. The molecule has 1 aliphatic heterocycles. The number of likely N-dealkylation sites (tertiary alicyclic amines) is 1. The second kappa shape index (κ2) is 9.74. The highest BCUT2D eigenvalue weighted by Gasteiger charge is 2.25. The topological polar surface area (TPSA) is 51.9 Å². The number of allylic oxidation sites excluding steroid dienone is 1. The Balaban J connectivity index is 1.81. The van der Waals surface area contributed by atoms with Gasteiger partial charge in [-0.15, -0.1) is 0 Å². The van der Waals surface area contributed by atoms with Crippen molar-refractivity contribution >= 4 is 22.4 Å². The fourth-order valence-corrected chi connectivity index (χ4v) is 5.01. The molecule has 1 saturated heterocycles. The van der Waals surface area contributed by atoms with Crippen LogP contribution in [-0.2, 0) is 4.79 Å². The van der Waals surface area contributed by atoms with Gasteiger partial charge in [-0.2, -0.15) is 0 Å². The third-order valence-corrected chi connectivity index (χ3v) is 6.79. The Morgan fingerprint density at radius 2 is 1.97 bits per heavy atom. The van der Waals surface area contributed by atoms with Crippen molar-refractivity contribution in [1.82, 2.24) is 4.90 Å². The van der Waals surface area contributed by atoms with E-state index >= 15 is 0 Å². The van der Waals surface area contributed by atoms with E-state index in [9.17, 15) is 4.79 Å². The summed E-state index contributed by atoms with van der Waals surface area (Å²) < 4.78 is 17.4. The molecule has 0 bridgehead atoms. The number of hydrogen-bond acceptors (Lipinski definition) is 4. The standard InChI is InChI=1S/C28H33NO4/c1-6-20-11-9-10-14-29(20)26(30)15-18(2)22-16-23-24(21-12-7-8-13-25(21)31-4)17-33-28(23)19(3)27(22)32-5/h7-8,12-13,15-17,20H,6,9-11,14H2,1-5H3/b18-15+. The molecule has 1 aromatic heterocycles. The second-order valence-corrected chi connectivity index (χ2v) is 8.73. The predicted octanol–water partition coefficient (Wildman–Crippen LogP) is 6.62. The number of benzene rings is 2. The monoisotopic (exact) mass is 447 g/mol. The van der Waals surface area contributed by atoms with Crippen LogP contribution in [0.2, 0.25) is 0 Å². The number of carbonyl (C=O) groups excluding carboxylic acids is 1. The molecule has 0 aliphatic carbocycles. The molecule has 3 aromatic rings. The number of furan rings is 1. The molecule has 1 fully saturated rings. The number of hydrogen-bond donors (Lipinski definition) is 0. The summed E-state index contributed by atoms with van der Waals surface area (Å²) in [5.41, 5.74) is 5.39. The van der Waals surface area contributed by atoms with Gasteiger partial charge in [0.25, 0.3) is 0 Å². The zero-order valence-electron chi connectivity index (χ0n) is 20.2. The highest BCUT2D eigenvalue weighted by Crippen LogP contribution is 2.42. The molecule has 0 radical (unpaired) electrons. The summed E-state index contributed by atoms with van der Waals surface area (Å²) >= 11 is 0. The van der Waals surface area contributed by atoms with Gasteiger partial charge in [0.15, 0.2) is 0 Å². The van der Waals surface area contributed by atoms with Crippen LogP contribution in [0.1, 0.15) is 50.7 Å². The van der Waals surface area contributed by atoms with Crippen molar-refractivity contribution in [2.75, 3.05) is 20.8 Å². The summed E-state index contributed by atoms with van der Waals surface area (Å²) in [6.07, 6.45) is 7.87. The average Bonchev–Trinajstić information content (AvgIpc) is 3.27. The van der Waals surface area contributed by atoms with Gasteiger partial charge in [-0.1, -0.05) is 25.1 Å². The molecule has 5 heteroatoms. The van der Waals surface area contributed by atoms with Crippen molar-refractivity contribution in [3.8, 4) is 22.6 Å². The summed E-state index contributed by atoms with van der Waals surface area (Å²) in [5.74, 6) is 1.60. The number of nitrogens with zero attached hydrogens (tertiary/aromatic N) is 1. The molecule has 174 valence electrons. The molecule has 0 spiro atoms. The van der Waals surface area contributed by atoms with Crippen LogP contribution in [0.25, 0.3) is 27.7 Å². The Morgan fingerprint density at radius 3 is 2.70 bits per heavy atom. The van der Waals surface area contributed by atoms with E-state index < -0.39 is 0 Å². The summed E-state index contributed by atoms with van der Waals surface area (Å²) in [6, 6.07) is 10.3. The van der Waals surface area contributed by atoms with E-state index in [0.717, 1.165) is 76.1 Å². The van der Waals surface area contributed by atoms with Crippen molar-refractivity contribution in [2.24, 2.45) is 0 Å². The van der Waals surface area contributed by atoms with E-state index in [4.69, 9.17) is 13.9 Å². The van der Waals surface area contributed by atoms with Gasteiger partial charge in [0, 0.05) is 46.3 Å². The van der Waals surface area contributed by atoms with Crippen molar-refractivity contribution in [2.45, 2.75) is 52.5 Å². The van der Waals surface area contributed by atoms with Gasteiger partial charge in [0.2, 0.25) is 5.91 Å².